The maximum Gasteiger partial charge on any atom is 0.305 e. The number of carboxylic acid groups (broad SMARTS) is 1. The molecule has 0 saturated carbocycles. The number of primary amides is 1. The van der Waals surface area contributed by atoms with Gasteiger partial charge in [0.05, 0.1) is 18.7 Å². The van der Waals surface area contributed by atoms with Crippen molar-refractivity contribution in [3.8, 4) is 17.6 Å². The zero-order valence-electron chi connectivity index (χ0n) is 57.0. The predicted molar refractivity (Wildman–Crippen MR) is 378 cm³/mol. The lowest BCUT2D eigenvalue weighted by Gasteiger charge is -2.29. The van der Waals surface area contributed by atoms with Crippen molar-refractivity contribution < 1.29 is 67.7 Å². The van der Waals surface area contributed by atoms with E-state index in [4.69, 9.17) is 5.73 Å². The largest absolute Gasteiger partial charge is 0.508 e. The molecule has 0 spiro atoms. The Hall–Kier alpha value is -12.1. The Morgan fingerprint density at radius 2 is 1.04 bits per heavy atom. The molecule has 2 bridgehead atoms. The number of aliphatic carboxylic acids is 1. The molecule has 102 heavy (non-hydrogen) atoms. The fourth-order valence-electron chi connectivity index (χ4n) is 11.4. The van der Waals surface area contributed by atoms with Crippen LogP contribution < -0.4 is 58.9 Å². The smallest absolute Gasteiger partial charge is 0.305 e. The average Bonchev–Trinajstić information content (AvgIpc) is 1.64. The molecule has 6 aromatic carbocycles. The first-order chi connectivity index (χ1) is 48.8. The summed E-state index contributed by atoms with van der Waals surface area (Å²) in [6.45, 7) is 7.56. The Labute approximate surface area is 589 Å². The van der Waals surface area contributed by atoms with E-state index in [0.29, 0.717) is 44.3 Å². The molecule has 0 unspecified atom stereocenters. The van der Waals surface area contributed by atoms with Crippen molar-refractivity contribution in [2.45, 2.75) is 134 Å². The topological polar surface area (TPSA) is 407 Å². The van der Waals surface area contributed by atoms with Crippen molar-refractivity contribution in [1.29, 1.82) is 0 Å². The van der Waals surface area contributed by atoms with Crippen molar-refractivity contribution in [3.05, 3.63) is 208 Å². The number of phenols is 1. The summed E-state index contributed by atoms with van der Waals surface area (Å²) in [7, 11) is 0. The second-order valence-corrected chi connectivity index (χ2v) is 25.8. The van der Waals surface area contributed by atoms with E-state index in [9.17, 15) is 53.4 Å². The summed E-state index contributed by atoms with van der Waals surface area (Å²) in [5.74, 6) is -6.11. The minimum atomic E-state index is -1.91. The first-order valence-corrected chi connectivity index (χ1v) is 33.4. The second-order valence-electron chi connectivity index (χ2n) is 25.8. The maximum absolute atomic E-state index is 15.6. The Morgan fingerprint density at radius 3 is 1.60 bits per heavy atom. The summed E-state index contributed by atoms with van der Waals surface area (Å²) in [5.41, 5.74) is 9.34. The highest BCUT2D eigenvalue weighted by atomic mass is 16.4. The molecule has 2 aliphatic heterocycles. The minimum absolute atomic E-state index is 0.0911. The van der Waals surface area contributed by atoms with E-state index < -0.39 is 144 Å². The van der Waals surface area contributed by atoms with Gasteiger partial charge in [-0.1, -0.05) is 155 Å². The van der Waals surface area contributed by atoms with E-state index in [2.05, 4.69) is 70.0 Å². The number of carbonyl (C=O) groups excluding carboxylic acids is 11. The molecule has 9 atom stereocenters. The fraction of sp³-hybridized carbons (Fsp3) is 0.316. The molecule has 11 amide bonds. The van der Waals surface area contributed by atoms with Gasteiger partial charge in [-0.05, 0) is 101 Å². The first kappa shape index (κ1) is 75.6. The van der Waals surface area contributed by atoms with E-state index in [1.165, 1.54) is 43.3 Å². The average molecular weight is 1390 g/mol. The number of hydrogen-bond acceptors (Lipinski definition) is 13. The number of aromatic nitrogens is 1. The lowest BCUT2D eigenvalue weighted by Crippen LogP contribution is -2.61. The quantitative estimate of drug-likeness (QED) is 0.0386. The van der Waals surface area contributed by atoms with Gasteiger partial charge in [0.15, 0.2) is 0 Å². The van der Waals surface area contributed by atoms with Crippen molar-refractivity contribution >= 4 is 81.9 Å². The lowest BCUT2D eigenvalue weighted by atomic mass is 9.98. The van der Waals surface area contributed by atoms with E-state index >= 15 is 14.4 Å². The minimum Gasteiger partial charge on any atom is -0.508 e. The number of rotatable bonds is 20. The maximum atomic E-state index is 15.6. The molecule has 26 nitrogen and oxygen atoms in total. The third-order valence-electron chi connectivity index (χ3n) is 16.9. The molecule has 0 aliphatic carbocycles. The number of H-pyrrole nitrogens is 1. The highest BCUT2D eigenvalue weighted by Crippen LogP contribution is 2.25. The normalized spacial score (nSPS) is 19.1. The summed E-state index contributed by atoms with van der Waals surface area (Å²) in [4.78, 5) is 174. The highest BCUT2D eigenvalue weighted by molar-refractivity contribution is 6.01. The number of carbonyl (C=O) groups is 12. The van der Waals surface area contributed by atoms with E-state index in [-0.39, 0.29) is 61.4 Å². The Kier molecular flexibility index (Phi) is 26.8. The Bertz CT molecular complexity index is 4230. The number of para-hydroxylation sites is 1. The van der Waals surface area contributed by atoms with Gasteiger partial charge in [0.25, 0.3) is 5.91 Å². The van der Waals surface area contributed by atoms with Crippen LogP contribution in [0.1, 0.15) is 96.9 Å². The number of nitrogens with two attached hydrogens (primary N) is 1. The lowest BCUT2D eigenvalue weighted by molar-refractivity contribution is -0.141. The van der Waals surface area contributed by atoms with Gasteiger partial charge in [-0.25, -0.2) is 0 Å². The van der Waals surface area contributed by atoms with Crippen molar-refractivity contribution in [3.63, 3.8) is 0 Å². The monoisotopic (exact) mass is 1390 g/mol. The number of phenolic OH excluding ortho intramolecular Hbond substituents is 1. The molecular weight excluding hydrogens is 1300 g/mol. The third kappa shape index (κ3) is 22.2. The SMILES string of the molecule is CC(C)C[C@@H]1NC(=O)[C@H](CC(=O)O)NC(=O)[C@H](Cc2ccccc2)NC(=O)[C@H](Cc2ccccc2)NC(=O)CNC(=O)c2ccc(cc2)C#Cc2[nH]c3ccccc3c2C[C@@H](C(=O)N[C@@H](Cc2ccccc2)C(=O)N[C@H](C(=O)N[C@@H](C)C(N)=O)C(C)C)NC(=O)[C@H](Cc2ccc(O)cc2)NC1=O. The number of fused-ring (bicyclic) bond motifs is 24. The highest BCUT2D eigenvalue weighted by Gasteiger charge is 2.38. The van der Waals surface area contributed by atoms with Crippen LogP contribution in [0.5, 0.6) is 5.75 Å². The molecule has 7 aromatic rings. The molecule has 3 heterocycles. The summed E-state index contributed by atoms with van der Waals surface area (Å²) < 4.78 is 0. The van der Waals surface area contributed by atoms with Gasteiger partial charge in [0, 0.05) is 54.1 Å². The van der Waals surface area contributed by atoms with Crippen LogP contribution in [0.15, 0.2) is 164 Å². The molecular formula is C76H84N12O14. The number of aromatic amines is 1. The van der Waals surface area contributed by atoms with Crippen LogP contribution in [0.4, 0.5) is 0 Å². The van der Waals surface area contributed by atoms with Crippen LogP contribution >= 0.6 is 0 Å². The first-order valence-electron chi connectivity index (χ1n) is 33.4. The fourth-order valence-corrected chi connectivity index (χ4v) is 11.4. The molecule has 26 heteroatoms. The number of nitrogens with one attached hydrogen (secondary N) is 11. The Balaban J connectivity index is 1.23. The number of benzene rings is 6. The number of carboxylic acids is 1. The van der Waals surface area contributed by atoms with Gasteiger partial charge in [0.2, 0.25) is 59.1 Å². The van der Waals surface area contributed by atoms with Crippen LogP contribution in [-0.2, 0) is 84.8 Å². The molecule has 15 N–H and O–H groups in total. The summed E-state index contributed by atoms with van der Waals surface area (Å²) in [6, 6.07) is 31.0. The van der Waals surface area contributed by atoms with E-state index in [1.54, 1.807) is 155 Å². The molecule has 2 aliphatic rings. The van der Waals surface area contributed by atoms with Crippen LogP contribution in [0, 0.1) is 23.7 Å². The summed E-state index contributed by atoms with van der Waals surface area (Å²) >= 11 is 0. The van der Waals surface area contributed by atoms with E-state index in [1.807, 2.05) is 0 Å². The zero-order chi connectivity index (χ0) is 73.6. The van der Waals surface area contributed by atoms with Gasteiger partial charge in [-0.15, -0.1) is 0 Å². The standard InChI is InChI=1S/C76H84N12O14/c1-43(2)35-57-69(95)83-60(39-50-27-32-52(89)33-28-50)71(97)86-62(73(99)85-61(38-49-21-13-8-14-22-49)75(101)88-66(44(3)4)76(102)79-45(5)67(77)93)40-54-53-23-15-16-24-55(53)80-56(54)34-29-46-25-30-51(31-26-46)68(94)78-42-64(90)81-58(36-47-17-9-6-10-18-47)70(96)84-59(37-48-19-11-7-12-20-48)72(98)87-63(41-65(91)92)74(100)82-57/h6-28,30-33,43-45,57-63,66,80,89H,35-42H2,1-5H3,(H2,77,93)(H,78,94)(H,79,102)(H,81,90)(H,82,100)(H,83,95)(H,84,96)(H,85,99)(H,86,97)(H,87,98)(H,88,101)(H,91,92)/t45-,57-,58-,59-,60-,61-,62-,63-,66-/m0/s1. The van der Waals surface area contributed by atoms with Crippen molar-refractivity contribution in [2.24, 2.45) is 17.6 Å². The number of amides is 11. The molecule has 532 valence electrons. The van der Waals surface area contributed by atoms with Gasteiger partial charge in [-0.3, -0.25) is 57.5 Å². The zero-order valence-corrected chi connectivity index (χ0v) is 57.0. The third-order valence-corrected chi connectivity index (χ3v) is 16.9. The predicted octanol–water partition coefficient (Wildman–Crippen LogP) is 2.58. The molecule has 1 aromatic heterocycles. The molecule has 9 rings (SSSR count). The van der Waals surface area contributed by atoms with Gasteiger partial charge in [0.1, 0.15) is 60.1 Å². The van der Waals surface area contributed by atoms with Gasteiger partial charge < -0.3 is 74.1 Å². The van der Waals surface area contributed by atoms with Crippen LogP contribution in [0.2, 0.25) is 0 Å². The van der Waals surface area contributed by atoms with Crippen LogP contribution in [-0.4, -0.2) is 147 Å². The summed E-state index contributed by atoms with van der Waals surface area (Å²) in [6.07, 6.45) is -2.27. The molecule has 0 saturated heterocycles. The van der Waals surface area contributed by atoms with Gasteiger partial charge >= 0.3 is 5.97 Å². The number of hydrogen-bond donors (Lipinski definition) is 14. The van der Waals surface area contributed by atoms with Crippen molar-refractivity contribution in [1.82, 2.24) is 58.2 Å². The van der Waals surface area contributed by atoms with Crippen LogP contribution in [0.25, 0.3) is 10.9 Å². The molecule has 0 fully saturated rings. The second kappa shape index (κ2) is 36.1. The van der Waals surface area contributed by atoms with Gasteiger partial charge in [-0.2, -0.15) is 0 Å². The van der Waals surface area contributed by atoms with E-state index in [0.717, 1.165) is 0 Å². The number of aromatic hydroxyl groups is 1. The van der Waals surface area contributed by atoms with Crippen molar-refractivity contribution in [2.75, 3.05) is 6.54 Å². The molecule has 0 radical (unpaired) electrons. The summed E-state index contributed by atoms with van der Waals surface area (Å²) in [5, 5.41) is 47.9. The Morgan fingerprint density at radius 1 is 0.539 bits per heavy atom. The van der Waals surface area contributed by atoms with Crippen LogP contribution in [0.3, 0.4) is 0 Å².